The number of nitrogens with one attached hydrogen (secondary N) is 1. The van der Waals surface area contributed by atoms with Gasteiger partial charge in [-0.25, -0.2) is 9.97 Å². The number of pyridine rings is 1. The van der Waals surface area contributed by atoms with E-state index in [1.807, 2.05) is 18.3 Å². The summed E-state index contributed by atoms with van der Waals surface area (Å²) in [7, 11) is 0. The minimum Gasteiger partial charge on any atom is -0.468 e. The molecule has 0 spiro atoms. The van der Waals surface area contributed by atoms with Crippen LogP contribution < -0.4 is 10.1 Å². The topological polar surface area (TPSA) is 69.0 Å². The van der Waals surface area contributed by atoms with Crippen molar-refractivity contribution in [1.82, 2.24) is 14.5 Å². The molecule has 0 aliphatic carbocycles. The molecule has 3 aromatic rings. The van der Waals surface area contributed by atoms with Gasteiger partial charge in [-0.3, -0.25) is 4.79 Å². The number of aromatic nitrogens is 3. The standard InChI is InChI=1S/C21H19F3N4O2/c22-21(23,24)13-30-18-9-6-15(11-25-18)20(29)27-16-7-4-14(5-8-16)19-26-12-17-3-1-2-10-28(17)19/h4-9,11-12H,1-3,10,13H2,(H,27,29). The summed E-state index contributed by atoms with van der Waals surface area (Å²) in [6, 6.07) is 9.95. The molecule has 3 heterocycles. The Morgan fingerprint density at radius 3 is 2.57 bits per heavy atom. The van der Waals surface area contributed by atoms with Gasteiger partial charge in [0, 0.05) is 41.9 Å². The maximum Gasteiger partial charge on any atom is 0.422 e. The zero-order valence-electron chi connectivity index (χ0n) is 15.9. The van der Waals surface area contributed by atoms with Gasteiger partial charge in [-0.15, -0.1) is 0 Å². The zero-order chi connectivity index (χ0) is 21.1. The van der Waals surface area contributed by atoms with E-state index in [4.69, 9.17) is 0 Å². The highest BCUT2D eigenvalue weighted by molar-refractivity contribution is 6.04. The fourth-order valence-electron chi connectivity index (χ4n) is 3.33. The number of amides is 1. The van der Waals surface area contributed by atoms with Crippen LogP contribution in [0.4, 0.5) is 18.9 Å². The van der Waals surface area contributed by atoms with E-state index in [2.05, 4.69) is 24.6 Å². The van der Waals surface area contributed by atoms with E-state index in [0.717, 1.165) is 30.8 Å². The number of imidazole rings is 1. The molecule has 4 rings (SSSR count). The molecule has 1 aromatic carbocycles. The number of anilines is 1. The Morgan fingerprint density at radius 1 is 1.07 bits per heavy atom. The normalized spacial score (nSPS) is 13.6. The second kappa shape index (κ2) is 8.17. The number of rotatable bonds is 5. The monoisotopic (exact) mass is 416 g/mol. The first kappa shape index (κ1) is 19.9. The highest BCUT2D eigenvalue weighted by Crippen LogP contribution is 2.26. The minimum absolute atomic E-state index is 0.198. The van der Waals surface area contributed by atoms with E-state index in [9.17, 15) is 18.0 Å². The average Bonchev–Trinajstić information content (AvgIpc) is 3.17. The molecule has 0 saturated heterocycles. The molecule has 1 aliphatic heterocycles. The smallest absolute Gasteiger partial charge is 0.422 e. The fourth-order valence-corrected chi connectivity index (χ4v) is 3.33. The zero-order valence-corrected chi connectivity index (χ0v) is 15.9. The van der Waals surface area contributed by atoms with Crippen molar-refractivity contribution in [3.05, 3.63) is 60.0 Å². The Morgan fingerprint density at radius 2 is 1.87 bits per heavy atom. The summed E-state index contributed by atoms with van der Waals surface area (Å²) >= 11 is 0. The summed E-state index contributed by atoms with van der Waals surface area (Å²) in [5.41, 5.74) is 3.00. The lowest BCUT2D eigenvalue weighted by Gasteiger charge is -2.16. The highest BCUT2D eigenvalue weighted by Gasteiger charge is 2.28. The van der Waals surface area contributed by atoms with Gasteiger partial charge >= 0.3 is 6.18 Å². The number of benzene rings is 1. The minimum atomic E-state index is -4.44. The molecule has 0 unspecified atom stereocenters. The molecule has 0 saturated carbocycles. The Labute approximate surface area is 170 Å². The fraction of sp³-hybridized carbons (Fsp3) is 0.286. The first-order valence-corrected chi connectivity index (χ1v) is 9.51. The molecule has 0 atom stereocenters. The molecule has 0 bridgehead atoms. The van der Waals surface area contributed by atoms with Crippen LogP contribution in [0.3, 0.4) is 0 Å². The van der Waals surface area contributed by atoms with Crippen LogP contribution in [0, 0.1) is 0 Å². The number of hydrogen-bond donors (Lipinski definition) is 1. The highest BCUT2D eigenvalue weighted by atomic mass is 19.4. The molecular formula is C21H19F3N4O2. The number of ether oxygens (including phenoxy) is 1. The molecule has 6 nitrogen and oxygen atoms in total. The Kier molecular flexibility index (Phi) is 5.43. The largest absolute Gasteiger partial charge is 0.468 e. The summed E-state index contributed by atoms with van der Waals surface area (Å²) in [4.78, 5) is 20.6. The summed E-state index contributed by atoms with van der Waals surface area (Å²) in [5.74, 6) is 0.299. The van der Waals surface area contributed by atoms with Gasteiger partial charge in [0.2, 0.25) is 5.88 Å². The van der Waals surface area contributed by atoms with Crippen molar-refractivity contribution in [3.8, 4) is 17.3 Å². The number of nitrogens with zero attached hydrogens (tertiary/aromatic N) is 3. The van der Waals surface area contributed by atoms with Crippen LogP contribution in [0.25, 0.3) is 11.4 Å². The van der Waals surface area contributed by atoms with Gasteiger partial charge in [-0.2, -0.15) is 13.2 Å². The number of aryl methyl sites for hydroxylation is 1. The van der Waals surface area contributed by atoms with E-state index in [1.54, 1.807) is 12.1 Å². The molecule has 0 radical (unpaired) electrons. The molecule has 1 amide bonds. The molecule has 9 heteroatoms. The lowest BCUT2D eigenvalue weighted by atomic mass is 10.1. The predicted octanol–water partition coefficient (Wildman–Crippen LogP) is 4.47. The summed E-state index contributed by atoms with van der Waals surface area (Å²) in [5, 5.41) is 2.74. The van der Waals surface area contributed by atoms with Gasteiger partial charge in [-0.05, 0) is 49.6 Å². The van der Waals surface area contributed by atoms with Crippen LogP contribution in [0.15, 0.2) is 48.8 Å². The summed E-state index contributed by atoms with van der Waals surface area (Å²) in [6.07, 6.45) is 2.00. The van der Waals surface area contributed by atoms with Crippen LogP contribution in [-0.2, 0) is 13.0 Å². The van der Waals surface area contributed by atoms with Crippen LogP contribution in [0.5, 0.6) is 5.88 Å². The van der Waals surface area contributed by atoms with Gasteiger partial charge in [-0.1, -0.05) is 0 Å². The molecule has 1 aliphatic rings. The average molecular weight is 416 g/mol. The van der Waals surface area contributed by atoms with E-state index >= 15 is 0 Å². The van der Waals surface area contributed by atoms with Crippen LogP contribution in [0.2, 0.25) is 0 Å². The van der Waals surface area contributed by atoms with Crippen molar-refractivity contribution >= 4 is 11.6 Å². The van der Waals surface area contributed by atoms with Crippen molar-refractivity contribution < 1.29 is 22.7 Å². The number of carbonyl (C=O) groups excluding carboxylic acids is 1. The second-order valence-electron chi connectivity index (χ2n) is 7.00. The van der Waals surface area contributed by atoms with Crippen molar-refractivity contribution in [2.45, 2.75) is 32.0 Å². The van der Waals surface area contributed by atoms with Gasteiger partial charge in [0.25, 0.3) is 5.91 Å². The lowest BCUT2D eigenvalue weighted by Crippen LogP contribution is -2.19. The van der Waals surface area contributed by atoms with E-state index in [-0.39, 0.29) is 11.4 Å². The van der Waals surface area contributed by atoms with Gasteiger partial charge in [0.05, 0.1) is 5.56 Å². The van der Waals surface area contributed by atoms with Crippen molar-refractivity contribution in [2.24, 2.45) is 0 Å². The van der Waals surface area contributed by atoms with Crippen molar-refractivity contribution in [2.75, 3.05) is 11.9 Å². The second-order valence-corrected chi connectivity index (χ2v) is 7.00. The van der Waals surface area contributed by atoms with Crippen LogP contribution >= 0.6 is 0 Å². The number of fused-ring (bicyclic) bond motifs is 1. The predicted molar refractivity (Wildman–Crippen MR) is 104 cm³/mol. The molecular weight excluding hydrogens is 397 g/mol. The first-order valence-electron chi connectivity index (χ1n) is 9.51. The summed E-state index contributed by atoms with van der Waals surface area (Å²) < 4.78 is 43.3. The molecule has 30 heavy (non-hydrogen) atoms. The number of halogens is 3. The third kappa shape index (κ3) is 4.61. The first-order chi connectivity index (χ1) is 14.4. The van der Waals surface area contributed by atoms with Gasteiger partial charge in [0.1, 0.15) is 5.82 Å². The van der Waals surface area contributed by atoms with Crippen LogP contribution in [-0.4, -0.2) is 33.2 Å². The van der Waals surface area contributed by atoms with Gasteiger partial charge < -0.3 is 14.6 Å². The molecule has 1 N–H and O–H groups in total. The van der Waals surface area contributed by atoms with Crippen molar-refractivity contribution in [1.29, 1.82) is 0 Å². The number of carbonyl (C=O) groups is 1. The van der Waals surface area contributed by atoms with Gasteiger partial charge in [0.15, 0.2) is 6.61 Å². The van der Waals surface area contributed by atoms with E-state index in [0.29, 0.717) is 5.69 Å². The molecule has 0 fully saturated rings. The quantitative estimate of drug-likeness (QED) is 0.666. The Bertz CT molecular complexity index is 1030. The van der Waals surface area contributed by atoms with Crippen LogP contribution in [0.1, 0.15) is 28.9 Å². The van der Waals surface area contributed by atoms with E-state index in [1.165, 1.54) is 30.4 Å². The SMILES string of the molecule is O=C(Nc1ccc(-c2ncc3n2CCCC3)cc1)c1ccc(OCC(F)(F)F)nc1. The number of hydrogen-bond acceptors (Lipinski definition) is 4. The summed E-state index contributed by atoms with van der Waals surface area (Å²) in [6.45, 7) is -0.476. The lowest BCUT2D eigenvalue weighted by molar-refractivity contribution is -0.154. The molecule has 2 aromatic heterocycles. The number of alkyl halides is 3. The maximum absolute atomic E-state index is 12.4. The maximum atomic E-state index is 12.4. The molecule has 156 valence electrons. The Hall–Kier alpha value is -3.36. The third-order valence-corrected chi connectivity index (χ3v) is 4.79. The van der Waals surface area contributed by atoms with E-state index < -0.39 is 18.7 Å². The third-order valence-electron chi connectivity index (χ3n) is 4.79. The van der Waals surface area contributed by atoms with Crippen molar-refractivity contribution in [3.63, 3.8) is 0 Å². The Balaban J connectivity index is 1.40.